The first-order chi connectivity index (χ1) is 9.06. The Morgan fingerprint density at radius 3 is 3.05 bits per heavy atom. The maximum atomic E-state index is 13.0. The van der Waals surface area contributed by atoms with Gasteiger partial charge in [0.1, 0.15) is 5.82 Å². The highest BCUT2D eigenvalue weighted by molar-refractivity contribution is 5.94. The summed E-state index contributed by atoms with van der Waals surface area (Å²) in [4.78, 5) is 14.2. The van der Waals surface area contributed by atoms with Crippen LogP contribution in [0.4, 0.5) is 10.1 Å². The molecule has 1 aromatic rings. The van der Waals surface area contributed by atoms with Gasteiger partial charge in [0.15, 0.2) is 0 Å². The molecule has 19 heavy (non-hydrogen) atoms. The highest BCUT2D eigenvalue weighted by atomic mass is 19.1. The molecule has 2 rings (SSSR count). The second-order valence-corrected chi connectivity index (χ2v) is 4.85. The summed E-state index contributed by atoms with van der Waals surface area (Å²) in [5, 5.41) is 2.73. The van der Waals surface area contributed by atoms with Crippen LogP contribution in [0.25, 0.3) is 0 Å². The largest absolute Gasteiger partial charge is 0.376 e. The molecule has 1 heterocycles. The maximum absolute atomic E-state index is 13.0. The Bertz CT molecular complexity index is 453. The normalized spacial score (nSPS) is 21.9. The van der Waals surface area contributed by atoms with E-state index >= 15 is 0 Å². The average Bonchev–Trinajstić information content (AvgIpc) is 2.38. The zero-order valence-corrected chi connectivity index (χ0v) is 11.2. The molecule has 0 saturated carbocycles. The number of benzene rings is 1. The predicted octanol–water partition coefficient (Wildman–Crippen LogP) is 1.87. The number of carbonyl (C=O) groups excluding carboxylic acids is 1. The van der Waals surface area contributed by atoms with Crippen LogP contribution in [-0.2, 0) is 9.53 Å². The molecule has 1 aliphatic rings. The van der Waals surface area contributed by atoms with Crippen molar-refractivity contribution < 1.29 is 13.9 Å². The zero-order chi connectivity index (χ0) is 13.8. The molecule has 1 aromatic carbocycles. The number of hydrogen-bond donors (Lipinski definition) is 1. The van der Waals surface area contributed by atoms with Crippen LogP contribution in [0.2, 0.25) is 0 Å². The lowest BCUT2D eigenvalue weighted by Gasteiger charge is -2.34. The number of nitrogens with one attached hydrogen (secondary N) is 1. The molecule has 0 bridgehead atoms. The minimum absolute atomic E-state index is 0.125. The van der Waals surface area contributed by atoms with Gasteiger partial charge in [0.05, 0.1) is 18.8 Å². The van der Waals surface area contributed by atoms with Crippen molar-refractivity contribution in [3.63, 3.8) is 0 Å². The molecule has 1 N–H and O–H groups in total. The Kier molecular flexibility index (Phi) is 4.50. The summed E-state index contributed by atoms with van der Waals surface area (Å²) in [5.74, 6) is -0.481. The summed E-state index contributed by atoms with van der Waals surface area (Å²) in [6, 6.07) is 5.66. The van der Waals surface area contributed by atoms with Crippen molar-refractivity contribution in [3.8, 4) is 0 Å². The van der Waals surface area contributed by atoms with Gasteiger partial charge in [-0.05, 0) is 32.0 Å². The minimum Gasteiger partial charge on any atom is -0.376 e. The van der Waals surface area contributed by atoms with E-state index in [2.05, 4.69) is 10.2 Å². The number of amides is 1. The molecular weight excluding hydrogens is 247 g/mol. The molecule has 0 radical (unpaired) electrons. The van der Waals surface area contributed by atoms with Crippen LogP contribution in [0.3, 0.4) is 0 Å². The molecule has 1 aliphatic heterocycles. The first-order valence-corrected chi connectivity index (χ1v) is 6.48. The summed E-state index contributed by atoms with van der Waals surface area (Å²) in [7, 11) is 0. The van der Waals surface area contributed by atoms with E-state index in [1.807, 2.05) is 13.8 Å². The number of morpholine rings is 1. The lowest BCUT2D eigenvalue weighted by molar-refractivity contribution is -0.123. The first kappa shape index (κ1) is 14.0. The molecule has 1 amide bonds. The Morgan fingerprint density at radius 1 is 1.58 bits per heavy atom. The van der Waals surface area contributed by atoms with E-state index in [4.69, 9.17) is 4.74 Å². The fourth-order valence-corrected chi connectivity index (χ4v) is 2.18. The van der Waals surface area contributed by atoms with Gasteiger partial charge < -0.3 is 10.1 Å². The van der Waals surface area contributed by atoms with Crippen LogP contribution in [-0.4, -0.2) is 42.6 Å². The van der Waals surface area contributed by atoms with Gasteiger partial charge in [0, 0.05) is 18.8 Å². The van der Waals surface area contributed by atoms with Gasteiger partial charge in [-0.15, -0.1) is 0 Å². The number of ether oxygens (including phenoxy) is 1. The number of carbonyl (C=O) groups is 1. The average molecular weight is 266 g/mol. The number of rotatable bonds is 3. The molecule has 2 unspecified atom stereocenters. The van der Waals surface area contributed by atoms with Crippen molar-refractivity contribution in [2.24, 2.45) is 0 Å². The third-order valence-corrected chi connectivity index (χ3v) is 3.29. The molecule has 0 spiro atoms. The van der Waals surface area contributed by atoms with Crippen molar-refractivity contribution in [3.05, 3.63) is 30.1 Å². The zero-order valence-electron chi connectivity index (χ0n) is 11.2. The van der Waals surface area contributed by atoms with Crippen molar-refractivity contribution in [2.75, 3.05) is 25.0 Å². The van der Waals surface area contributed by atoms with E-state index in [-0.39, 0.29) is 23.9 Å². The highest BCUT2D eigenvalue weighted by Crippen LogP contribution is 2.13. The van der Waals surface area contributed by atoms with Crippen LogP contribution >= 0.6 is 0 Å². The standard InChI is InChI=1S/C14H19FN2O2/c1-10-9-17(6-7-19-10)11(2)14(18)16-13-5-3-4-12(15)8-13/h3-5,8,10-11H,6-7,9H2,1-2H3,(H,16,18). The van der Waals surface area contributed by atoms with Gasteiger partial charge in [-0.3, -0.25) is 9.69 Å². The van der Waals surface area contributed by atoms with Crippen LogP contribution in [0.15, 0.2) is 24.3 Å². The Balaban J connectivity index is 1.95. The summed E-state index contributed by atoms with van der Waals surface area (Å²) in [5.41, 5.74) is 0.484. The van der Waals surface area contributed by atoms with Crippen LogP contribution in [0.1, 0.15) is 13.8 Å². The van der Waals surface area contributed by atoms with Gasteiger partial charge in [0.25, 0.3) is 0 Å². The second kappa shape index (κ2) is 6.12. The lowest BCUT2D eigenvalue weighted by atomic mass is 10.2. The van der Waals surface area contributed by atoms with Crippen LogP contribution in [0.5, 0.6) is 0 Å². The molecule has 104 valence electrons. The fraction of sp³-hybridized carbons (Fsp3) is 0.500. The van der Waals surface area contributed by atoms with Gasteiger partial charge in [0.2, 0.25) is 5.91 Å². The molecule has 0 aliphatic carbocycles. The topological polar surface area (TPSA) is 41.6 Å². The summed E-state index contributed by atoms with van der Waals surface area (Å²) >= 11 is 0. The van der Waals surface area contributed by atoms with E-state index in [1.165, 1.54) is 12.1 Å². The number of halogens is 1. The Hall–Kier alpha value is -1.46. The maximum Gasteiger partial charge on any atom is 0.241 e. The molecule has 5 heteroatoms. The van der Waals surface area contributed by atoms with Crippen molar-refractivity contribution in [2.45, 2.75) is 26.0 Å². The number of anilines is 1. The fourth-order valence-electron chi connectivity index (χ4n) is 2.18. The quantitative estimate of drug-likeness (QED) is 0.908. The molecule has 0 aromatic heterocycles. The van der Waals surface area contributed by atoms with Crippen molar-refractivity contribution in [1.82, 2.24) is 4.90 Å². The Labute approximate surface area is 112 Å². The van der Waals surface area contributed by atoms with E-state index in [0.717, 1.165) is 13.1 Å². The molecule has 2 atom stereocenters. The van der Waals surface area contributed by atoms with E-state index in [0.29, 0.717) is 12.3 Å². The van der Waals surface area contributed by atoms with Crippen LogP contribution < -0.4 is 5.32 Å². The van der Waals surface area contributed by atoms with E-state index in [1.54, 1.807) is 12.1 Å². The van der Waals surface area contributed by atoms with E-state index in [9.17, 15) is 9.18 Å². The summed E-state index contributed by atoms with van der Waals surface area (Å²) in [6.07, 6.45) is 0.137. The smallest absolute Gasteiger partial charge is 0.241 e. The number of hydrogen-bond acceptors (Lipinski definition) is 3. The van der Waals surface area contributed by atoms with Gasteiger partial charge in [-0.25, -0.2) is 4.39 Å². The molecule has 1 fully saturated rings. The third kappa shape index (κ3) is 3.75. The second-order valence-electron chi connectivity index (χ2n) is 4.85. The molecular formula is C14H19FN2O2. The molecule has 4 nitrogen and oxygen atoms in total. The predicted molar refractivity (Wildman–Crippen MR) is 71.5 cm³/mol. The summed E-state index contributed by atoms with van der Waals surface area (Å²) in [6.45, 7) is 5.95. The third-order valence-electron chi connectivity index (χ3n) is 3.29. The van der Waals surface area contributed by atoms with Gasteiger partial charge in [-0.2, -0.15) is 0 Å². The van der Waals surface area contributed by atoms with Crippen molar-refractivity contribution in [1.29, 1.82) is 0 Å². The highest BCUT2D eigenvalue weighted by Gasteiger charge is 2.25. The van der Waals surface area contributed by atoms with Crippen molar-refractivity contribution >= 4 is 11.6 Å². The molecule has 1 saturated heterocycles. The first-order valence-electron chi connectivity index (χ1n) is 6.48. The number of nitrogens with zero attached hydrogens (tertiary/aromatic N) is 1. The van der Waals surface area contributed by atoms with Crippen LogP contribution in [0, 0.1) is 5.82 Å². The van der Waals surface area contributed by atoms with E-state index < -0.39 is 0 Å². The Morgan fingerprint density at radius 2 is 2.37 bits per heavy atom. The summed E-state index contributed by atoms with van der Waals surface area (Å²) < 4.78 is 18.5. The van der Waals surface area contributed by atoms with Gasteiger partial charge in [-0.1, -0.05) is 6.07 Å². The SMILES string of the molecule is CC1CN(C(C)C(=O)Nc2cccc(F)c2)CCO1. The minimum atomic E-state index is -0.356. The monoisotopic (exact) mass is 266 g/mol. The van der Waals surface area contributed by atoms with Gasteiger partial charge >= 0.3 is 0 Å². The lowest BCUT2D eigenvalue weighted by Crippen LogP contribution is -2.50.